The highest BCUT2D eigenvalue weighted by molar-refractivity contribution is 5.89. The summed E-state index contributed by atoms with van der Waals surface area (Å²) in [6.45, 7) is 13.3. The Hall–Kier alpha value is -2.16. The van der Waals surface area contributed by atoms with Crippen LogP contribution in [0, 0.1) is 10.8 Å². The van der Waals surface area contributed by atoms with E-state index in [1.807, 2.05) is 36.7 Å². The summed E-state index contributed by atoms with van der Waals surface area (Å²) in [6.07, 6.45) is 5.83. The molecule has 0 saturated heterocycles. The number of ether oxygens (including phenoxy) is 1. The summed E-state index contributed by atoms with van der Waals surface area (Å²) in [6, 6.07) is 11.7. The van der Waals surface area contributed by atoms with Gasteiger partial charge in [-0.25, -0.2) is 4.79 Å². The van der Waals surface area contributed by atoms with Crippen LogP contribution in [-0.4, -0.2) is 18.1 Å². The number of hydrogen-bond donors (Lipinski definition) is 0. The summed E-state index contributed by atoms with van der Waals surface area (Å²) in [4.78, 5) is 15.2. The molecule has 0 aliphatic carbocycles. The van der Waals surface area contributed by atoms with Crippen LogP contribution in [0.2, 0.25) is 0 Å². The Bertz CT molecular complexity index is 662. The van der Waals surface area contributed by atoms with Crippen molar-refractivity contribution >= 4 is 5.97 Å². The lowest BCUT2D eigenvalue weighted by atomic mass is 9.88. The monoisotopic (exact) mass is 355 g/mol. The van der Waals surface area contributed by atoms with Gasteiger partial charge in [-0.3, -0.25) is 4.98 Å². The summed E-state index contributed by atoms with van der Waals surface area (Å²) in [5.74, 6) is -0.280. The van der Waals surface area contributed by atoms with E-state index in [2.05, 4.69) is 63.4 Å². The Morgan fingerprint density at radius 2 is 1.23 bits per heavy atom. The van der Waals surface area contributed by atoms with E-state index in [1.54, 1.807) is 0 Å². The second kappa shape index (κ2) is 9.51. The van der Waals surface area contributed by atoms with Crippen molar-refractivity contribution in [2.45, 2.75) is 54.4 Å². The van der Waals surface area contributed by atoms with Crippen LogP contribution < -0.4 is 0 Å². The number of methoxy groups -OCH3 is 1. The van der Waals surface area contributed by atoms with E-state index in [0.717, 1.165) is 12.8 Å². The van der Waals surface area contributed by atoms with Crippen LogP contribution >= 0.6 is 0 Å². The molecule has 0 aliphatic rings. The lowest BCUT2D eigenvalue weighted by molar-refractivity contribution is 0.0600. The largest absolute Gasteiger partial charge is 0.465 e. The highest BCUT2D eigenvalue weighted by Gasteiger charge is 2.12. The molecule has 1 heterocycles. The number of carbonyl (C=O) groups excluding carboxylic acids is 1. The number of esters is 1. The third kappa shape index (κ3) is 9.36. The highest BCUT2D eigenvalue weighted by atomic mass is 16.5. The first-order chi connectivity index (χ1) is 12.0. The van der Waals surface area contributed by atoms with E-state index in [9.17, 15) is 4.79 Å². The topological polar surface area (TPSA) is 39.2 Å². The van der Waals surface area contributed by atoms with Gasteiger partial charge in [0, 0.05) is 12.4 Å². The summed E-state index contributed by atoms with van der Waals surface area (Å²) in [7, 11) is 1.39. The van der Waals surface area contributed by atoms with Gasteiger partial charge in [-0.2, -0.15) is 0 Å². The molecule has 0 aliphatic heterocycles. The third-order valence-corrected chi connectivity index (χ3v) is 3.59. The molecule has 142 valence electrons. The molecule has 0 unspecified atom stereocenters. The minimum Gasteiger partial charge on any atom is -0.465 e. The normalized spacial score (nSPS) is 11.3. The van der Waals surface area contributed by atoms with Gasteiger partial charge >= 0.3 is 5.97 Å². The van der Waals surface area contributed by atoms with Crippen LogP contribution in [0.1, 0.15) is 63.0 Å². The molecule has 2 rings (SSSR count). The van der Waals surface area contributed by atoms with E-state index in [-0.39, 0.29) is 11.4 Å². The summed E-state index contributed by atoms with van der Waals surface area (Å²) in [5, 5.41) is 0. The third-order valence-electron chi connectivity index (χ3n) is 3.59. The van der Waals surface area contributed by atoms with Crippen LogP contribution in [0.25, 0.3) is 0 Å². The van der Waals surface area contributed by atoms with E-state index >= 15 is 0 Å². The Kier molecular flexibility index (Phi) is 8.01. The molecule has 3 nitrogen and oxygen atoms in total. The first-order valence-corrected chi connectivity index (χ1v) is 9.06. The lowest BCUT2D eigenvalue weighted by Crippen LogP contribution is -2.09. The number of hydrogen-bond acceptors (Lipinski definition) is 3. The van der Waals surface area contributed by atoms with Crippen molar-refractivity contribution < 1.29 is 9.53 Å². The maximum Gasteiger partial charge on any atom is 0.337 e. The number of rotatable bonds is 3. The standard InChI is InChI=1S/C13H18O2.C10H15N/c1-13(2,3)9-10-5-7-11(8-6-10)12(14)15-4;1-10(2,3)8-9-4-6-11-7-5-9/h5-8H,9H2,1-4H3;4-7H,8H2,1-3H3. The van der Waals surface area contributed by atoms with E-state index in [0.29, 0.717) is 11.0 Å². The molecule has 0 spiro atoms. The number of aromatic nitrogens is 1. The molecule has 0 N–H and O–H groups in total. The van der Waals surface area contributed by atoms with Crippen molar-refractivity contribution in [3.8, 4) is 0 Å². The Morgan fingerprint density at radius 1 is 0.808 bits per heavy atom. The number of nitrogens with zero attached hydrogens (tertiary/aromatic N) is 1. The second-order valence-corrected chi connectivity index (χ2v) is 9.02. The molecular formula is C23H33NO2. The van der Waals surface area contributed by atoms with E-state index < -0.39 is 0 Å². The quantitative estimate of drug-likeness (QED) is 0.660. The van der Waals surface area contributed by atoms with Crippen LogP contribution in [-0.2, 0) is 17.6 Å². The van der Waals surface area contributed by atoms with Gasteiger partial charge in [-0.05, 0) is 59.1 Å². The Morgan fingerprint density at radius 3 is 1.62 bits per heavy atom. The summed E-state index contributed by atoms with van der Waals surface area (Å²) in [5.41, 5.74) is 3.87. The highest BCUT2D eigenvalue weighted by Crippen LogP contribution is 2.21. The molecule has 0 atom stereocenters. The number of carbonyl (C=O) groups is 1. The maximum atomic E-state index is 11.2. The van der Waals surface area contributed by atoms with Gasteiger partial charge in [0.1, 0.15) is 0 Å². The molecule has 0 amide bonds. The van der Waals surface area contributed by atoms with Crippen molar-refractivity contribution in [3.05, 3.63) is 65.5 Å². The summed E-state index contributed by atoms with van der Waals surface area (Å²) < 4.78 is 4.64. The van der Waals surface area contributed by atoms with Crippen LogP contribution in [0.5, 0.6) is 0 Å². The zero-order chi connectivity index (χ0) is 19.8. The fourth-order valence-electron chi connectivity index (χ4n) is 2.60. The summed E-state index contributed by atoms with van der Waals surface area (Å²) >= 11 is 0. The van der Waals surface area contributed by atoms with Gasteiger partial charge in [-0.1, -0.05) is 53.7 Å². The van der Waals surface area contributed by atoms with Gasteiger partial charge in [0.25, 0.3) is 0 Å². The first-order valence-electron chi connectivity index (χ1n) is 9.06. The van der Waals surface area contributed by atoms with E-state index in [1.165, 1.54) is 18.2 Å². The number of benzene rings is 1. The van der Waals surface area contributed by atoms with Gasteiger partial charge in [0.05, 0.1) is 12.7 Å². The molecule has 2 aromatic rings. The fraction of sp³-hybridized carbons (Fsp3) is 0.478. The predicted molar refractivity (Wildman–Crippen MR) is 108 cm³/mol. The van der Waals surface area contributed by atoms with Gasteiger partial charge < -0.3 is 4.74 Å². The predicted octanol–water partition coefficient (Wildman–Crippen LogP) is 5.73. The average Bonchev–Trinajstić information content (AvgIpc) is 2.53. The molecule has 0 bridgehead atoms. The minimum absolute atomic E-state index is 0.271. The average molecular weight is 356 g/mol. The lowest BCUT2D eigenvalue weighted by Gasteiger charge is -2.17. The van der Waals surface area contributed by atoms with Crippen LogP contribution in [0.4, 0.5) is 0 Å². The molecule has 1 aromatic carbocycles. The van der Waals surface area contributed by atoms with Crippen LogP contribution in [0.15, 0.2) is 48.8 Å². The fourth-order valence-corrected chi connectivity index (χ4v) is 2.60. The van der Waals surface area contributed by atoms with Crippen molar-refractivity contribution in [1.29, 1.82) is 0 Å². The van der Waals surface area contributed by atoms with Gasteiger partial charge in [-0.15, -0.1) is 0 Å². The zero-order valence-electron chi connectivity index (χ0n) is 17.3. The molecule has 0 saturated carbocycles. The molecule has 3 heteroatoms. The SMILES string of the molecule is CC(C)(C)Cc1ccncc1.COC(=O)c1ccc(CC(C)(C)C)cc1. The Labute approximate surface area is 158 Å². The minimum atomic E-state index is -0.280. The Balaban J connectivity index is 0.000000273. The van der Waals surface area contributed by atoms with Crippen molar-refractivity contribution in [2.24, 2.45) is 10.8 Å². The van der Waals surface area contributed by atoms with Gasteiger partial charge in [0.2, 0.25) is 0 Å². The molecule has 1 aromatic heterocycles. The van der Waals surface area contributed by atoms with Crippen molar-refractivity contribution in [1.82, 2.24) is 4.98 Å². The van der Waals surface area contributed by atoms with Crippen molar-refractivity contribution in [2.75, 3.05) is 7.11 Å². The molecule has 0 radical (unpaired) electrons. The molecule has 26 heavy (non-hydrogen) atoms. The van der Waals surface area contributed by atoms with Crippen molar-refractivity contribution in [3.63, 3.8) is 0 Å². The maximum absolute atomic E-state index is 11.2. The molecular weight excluding hydrogens is 322 g/mol. The van der Waals surface area contributed by atoms with E-state index in [4.69, 9.17) is 0 Å². The smallest absolute Gasteiger partial charge is 0.337 e. The van der Waals surface area contributed by atoms with Gasteiger partial charge in [0.15, 0.2) is 0 Å². The molecule has 0 fully saturated rings. The second-order valence-electron chi connectivity index (χ2n) is 9.02. The van der Waals surface area contributed by atoms with Crippen LogP contribution in [0.3, 0.4) is 0 Å². The first kappa shape index (κ1) is 21.9. The zero-order valence-corrected chi connectivity index (χ0v) is 17.3. The number of pyridine rings is 1.